The highest BCUT2D eigenvalue weighted by Crippen LogP contribution is 2.39. The molecule has 1 N–H and O–H groups in total. The van der Waals surface area contributed by atoms with Gasteiger partial charge in [-0.1, -0.05) is 42.5 Å². The zero-order chi connectivity index (χ0) is 25.5. The Balaban J connectivity index is 1.28. The van der Waals surface area contributed by atoms with E-state index in [0.717, 1.165) is 39.8 Å². The van der Waals surface area contributed by atoms with Crippen LogP contribution in [0.25, 0.3) is 38.8 Å². The summed E-state index contributed by atoms with van der Waals surface area (Å²) in [6, 6.07) is 24.5. The maximum atomic E-state index is 13.4. The molecule has 1 heterocycles. The molecule has 182 valence electrons. The van der Waals surface area contributed by atoms with Gasteiger partial charge in [0.2, 0.25) is 5.91 Å². The number of carbonyl (C=O) groups excluding carboxylic acids is 1. The summed E-state index contributed by atoms with van der Waals surface area (Å²) in [5.74, 6) is 0.0852. The normalized spacial score (nSPS) is 12.4. The third kappa shape index (κ3) is 4.19. The molecule has 0 saturated heterocycles. The Morgan fingerprint density at radius 1 is 0.946 bits per heavy atom. The van der Waals surface area contributed by atoms with Crippen molar-refractivity contribution in [3.05, 3.63) is 114 Å². The van der Waals surface area contributed by atoms with E-state index in [2.05, 4.69) is 35.6 Å². The Labute approximate surface area is 214 Å². The van der Waals surface area contributed by atoms with Gasteiger partial charge in [-0.15, -0.1) is 0 Å². The molecule has 6 rings (SSSR count). The molecule has 37 heavy (non-hydrogen) atoms. The summed E-state index contributed by atoms with van der Waals surface area (Å²) in [4.78, 5) is 13.0. The first-order chi connectivity index (χ1) is 18.0. The van der Waals surface area contributed by atoms with Gasteiger partial charge >= 0.3 is 0 Å². The zero-order valence-corrected chi connectivity index (χ0v) is 20.5. The van der Waals surface area contributed by atoms with Crippen LogP contribution in [0, 0.1) is 5.82 Å². The number of nitrogens with one attached hydrogen (secondary N) is 1. The minimum atomic E-state index is -0.295. The van der Waals surface area contributed by atoms with Crippen LogP contribution in [-0.4, -0.2) is 13.0 Å². The number of halogens is 1. The number of fused-ring (bicyclic) bond motifs is 4. The molecule has 4 nitrogen and oxygen atoms in total. The molecule has 0 atom stereocenters. The number of methoxy groups -OCH3 is 1. The average molecular weight is 490 g/mol. The van der Waals surface area contributed by atoms with Crippen molar-refractivity contribution in [2.75, 3.05) is 12.4 Å². The van der Waals surface area contributed by atoms with E-state index in [9.17, 15) is 9.18 Å². The fraction of sp³-hybridized carbons (Fsp3) is 0.0938. The molecule has 5 aromatic rings. The van der Waals surface area contributed by atoms with Crippen LogP contribution in [0.1, 0.15) is 23.6 Å². The number of ether oxygens (including phenoxy) is 1. The van der Waals surface area contributed by atoms with Gasteiger partial charge in [-0.05, 0) is 77.1 Å². The maximum absolute atomic E-state index is 13.4. The molecule has 0 fully saturated rings. The molecule has 5 heteroatoms. The van der Waals surface area contributed by atoms with Crippen LogP contribution in [0.15, 0.2) is 95.6 Å². The van der Waals surface area contributed by atoms with Gasteiger partial charge in [0, 0.05) is 34.3 Å². The molecule has 4 aromatic carbocycles. The van der Waals surface area contributed by atoms with Crippen LogP contribution in [0.2, 0.25) is 0 Å². The number of furan rings is 1. The lowest BCUT2D eigenvalue weighted by molar-refractivity contribution is -0.111. The minimum Gasteiger partial charge on any atom is -0.496 e. The summed E-state index contributed by atoms with van der Waals surface area (Å²) in [5, 5.41) is 3.86. The van der Waals surface area contributed by atoms with Crippen LogP contribution in [-0.2, 0) is 11.2 Å². The number of rotatable bonds is 5. The van der Waals surface area contributed by atoms with E-state index in [1.54, 1.807) is 31.6 Å². The third-order valence-electron chi connectivity index (χ3n) is 6.88. The van der Waals surface area contributed by atoms with Crippen molar-refractivity contribution in [3.63, 3.8) is 0 Å². The van der Waals surface area contributed by atoms with Crippen molar-refractivity contribution in [1.82, 2.24) is 0 Å². The maximum Gasteiger partial charge on any atom is 0.248 e. The highest BCUT2D eigenvalue weighted by molar-refractivity contribution is 6.05. The highest BCUT2D eigenvalue weighted by atomic mass is 19.1. The topological polar surface area (TPSA) is 51.5 Å². The van der Waals surface area contributed by atoms with Gasteiger partial charge < -0.3 is 14.5 Å². The number of allylic oxidation sites excluding steroid dienone is 1. The predicted molar refractivity (Wildman–Crippen MR) is 145 cm³/mol. The second-order valence-electron chi connectivity index (χ2n) is 9.23. The van der Waals surface area contributed by atoms with Gasteiger partial charge in [0.25, 0.3) is 0 Å². The second kappa shape index (κ2) is 9.10. The summed E-state index contributed by atoms with van der Waals surface area (Å²) in [6.45, 7) is 1.88. The molecule has 0 unspecified atom stereocenters. The SMILES string of the molecule is COc1cc2occ(-c3ccc(F)cc3)c2cc1/C(C)=C/C(=O)Nc1ccc2c(c1)Cc1ccccc1-2. The second-order valence-corrected chi connectivity index (χ2v) is 9.23. The van der Waals surface area contributed by atoms with E-state index < -0.39 is 0 Å². The van der Waals surface area contributed by atoms with Crippen LogP contribution in [0.5, 0.6) is 5.75 Å². The summed E-state index contributed by atoms with van der Waals surface area (Å²) < 4.78 is 24.8. The van der Waals surface area contributed by atoms with Crippen molar-refractivity contribution < 1.29 is 18.3 Å². The van der Waals surface area contributed by atoms with E-state index in [0.29, 0.717) is 11.3 Å². The van der Waals surface area contributed by atoms with Crippen molar-refractivity contribution in [2.24, 2.45) is 0 Å². The largest absolute Gasteiger partial charge is 0.496 e. The smallest absolute Gasteiger partial charge is 0.248 e. The van der Waals surface area contributed by atoms with Gasteiger partial charge in [0.05, 0.1) is 13.4 Å². The van der Waals surface area contributed by atoms with Gasteiger partial charge in [-0.3, -0.25) is 4.79 Å². The van der Waals surface area contributed by atoms with Gasteiger partial charge in [-0.2, -0.15) is 0 Å². The highest BCUT2D eigenvalue weighted by Gasteiger charge is 2.19. The van der Waals surface area contributed by atoms with E-state index in [4.69, 9.17) is 9.15 Å². The number of benzene rings is 4. The van der Waals surface area contributed by atoms with Crippen LogP contribution < -0.4 is 10.1 Å². The van der Waals surface area contributed by atoms with Crippen molar-refractivity contribution in [2.45, 2.75) is 13.3 Å². The first-order valence-corrected chi connectivity index (χ1v) is 12.1. The molecule has 1 amide bonds. The minimum absolute atomic E-state index is 0.221. The molecule has 1 aromatic heterocycles. The molecule has 1 aliphatic carbocycles. The van der Waals surface area contributed by atoms with Crippen molar-refractivity contribution in [1.29, 1.82) is 0 Å². The monoisotopic (exact) mass is 489 g/mol. The molecule has 0 radical (unpaired) electrons. The zero-order valence-electron chi connectivity index (χ0n) is 20.5. The van der Waals surface area contributed by atoms with E-state index in [-0.39, 0.29) is 11.7 Å². The molecule has 0 spiro atoms. The Hall–Kier alpha value is -4.64. The number of hydrogen-bond acceptors (Lipinski definition) is 3. The first-order valence-electron chi connectivity index (χ1n) is 12.1. The third-order valence-corrected chi connectivity index (χ3v) is 6.88. The molecule has 0 bridgehead atoms. The van der Waals surface area contributed by atoms with E-state index in [1.165, 1.54) is 34.4 Å². The number of amides is 1. The van der Waals surface area contributed by atoms with Crippen molar-refractivity contribution in [3.8, 4) is 28.0 Å². The Morgan fingerprint density at radius 3 is 2.54 bits per heavy atom. The summed E-state index contributed by atoms with van der Waals surface area (Å²) in [6.07, 6.45) is 4.09. The Morgan fingerprint density at radius 2 is 1.73 bits per heavy atom. The average Bonchev–Trinajstić information content (AvgIpc) is 3.48. The van der Waals surface area contributed by atoms with Crippen LogP contribution >= 0.6 is 0 Å². The Bertz CT molecular complexity index is 1700. The molecule has 0 aliphatic heterocycles. The van der Waals surface area contributed by atoms with E-state index in [1.807, 2.05) is 31.2 Å². The fourth-order valence-electron chi connectivity index (χ4n) is 5.06. The van der Waals surface area contributed by atoms with Crippen molar-refractivity contribution >= 4 is 28.1 Å². The summed E-state index contributed by atoms with van der Waals surface area (Å²) >= 11 is 0. The number of anilines is 1. The standard InChI is InChI=1S/C32H24FNO3/c1-19(13-32(35)34-24-11-12-26-22(15-24)14-21-5-3-4-6-25(21)26)27-16-28-29(20-7-9-23(33)10-8-20)18-37-31(28)17-30(27)36-2/h3-13,15-18H,14H2,1-2H3,(H,34,35)/b19-13+. The van der Waals surface area contributed by atoms with E-state index >= 15 is 0 Å². The molecular formula is C32H24FNO3. The lowest BCUT2D eigenvalue weighted by atomic mass is 9.99. The lowest BCUT2D eigenvalue weighted by Crippen LogP contribution is -2.09. The number of carbonyl (C=O) groups is 1. The first kappa shape index (κ1) is 22.8. The fourth-order valence-corrected chi connectivity index (χ4v) is 5.06. The molecular weight excluding hydrogens is 465 g/mol. The van der Waals surface area contributed by atoms with Crippen LogP contribution in [0.4, 0.5) is 10.1 Å². The Kier molecular flexibility index (Phi) is 5.61. The quantitative estimate of drug-likeness (QED) is 0.251. The summed E-state index contributed by atoms with van der Waals surface area (Å²) in [7, 11) is 1.59. The number of hydrogen-bond donors (Lipinski definition) is 1. The predicted octanol–water partition coefficient (Wildman–Crippen LogP) is 7.86. The van der Waals surface area contributed by atoms with Gasteiger partial charge in [0.15, 0.2) is 0 Å². The molecule has 0 saturated carbocycles. The van der Waals surface area contributed by atoms with Gasteiger partial charge in [-0.25, -0.2) is 4.39 Å². The lowest BCUT2D eigenvalue weighted by Gasteiger charge is -2.11. The van der Waals surface area contributed by atoms with Gasteiger partial charge in [0.1, 0.15) is 17.1 Å². The summed E-state index contributed by atoms with van der Waals surface area (Å²) in [5.41, 5.74) is 9.61. The molecule has 1 aliphatic rings. The van der Waals surface area contributed by atoms with Crippen LogP contribution in [0.3, 0.4) is 0 Å².